The van der Waals surface area contributed by atoms with Crippen molar-refractivity contribution in [3.05, 3.63) is 52.2 Å². The lowest BCUT2D eigenvalue weighted by Crippen LogP contribution is -2.36. The minimum absolute atomic E-state index is 0.0665. The van der Waals surface area contributed by atoms with E-state index in [2.05, 4.69) is 41.7 Å². The molecule has 2 aromatic heterocycles. The van der Waals surface area contributed by atoms with E-state index >= 15 is 0 Å². The van der Waals surface area contributed by atoms with E-state index in [4.69, 9.17) is 4.98 Å². The number of hydrogen-bond donors (Lipinski definition) is 0. The Kier molecular flexibility index (Phi) is 5.81. The van der Waals surface area contributed by atoms with Crippen molar-refractivity contribution < 1.29 is 0 Å². The average Bonchev–Trinajstić information content (AvgIpc) is 2.63. The summed E-state index contributed by atoms with van der Waals surface area (Å²) in [5.41, 5.74) is 1.97. The molecule has 0 N–H and O–H groups in total. The predicted octanol–water partition coefficient (Wildman–Crippen LogP) is 3.51. The van der Waals surface area contributed by atoms with Crippen LogP contribution in [-0.2, 0) is 18.5 Å². The summed E-state index contributed by atoms with van der Waals surface area (Å²) in [6.07, 6.45) is 9.65. The lowest BCUT2D eigenvalue weighted by Gasteiger charge is -2.32. The van der Waals surface area contributed by atoms with Crippen LogP contribution in [0.15, 0.2) is 29.5 Å². The van der Waals surface area contributed by atoms with Gasteiger partial charge in [-0.05, 0) is 50.8 Å². The first kappa shape index (κ1) is 20.2. The third kappa shape index (κ3) is 4.92. The smallest absolute Gasteiger partial charge is 0.253 e. The van der Waals surface area contributed by atoms with Crippen LogP contribution in [0.4, 0.5) is 0 Å². The molecule has 0 bridgehead atoms. The first-order chi connectivity index (χ1) is 13.9. The highest BCUT2D eigenvalue weighted by atomic mass is 16.1. The zero-order valence-corrected chi connectivity index (χ0v) is 18.0. The number of nitrogens with zero attached hydrogens (tertiary/aromatic N) is 5. The minimum atomic E-state index is -0.0942. The molecule has 156 valence electrons. The average molecular weight is 396 g/mol. The van der Waals surface area contributed by atoms with Gasteiger partial charge in [-0.2, -0.15) is 0 Å². The highest BCUT2D eigenvalue weighted by molar-refractivity contribution is 5.10. The Morgan fingerprint density at radius 1 is 1.10 bits per heavy atom. The largest absolute Gasteiger partial charge is 0.299 e. The molecule has 6 nitrogen and oxygen atoms in total. The summed E-state index contributed by atoms with van der Waals surface area (Å²) < 4.78 is 1.78. The highest BCUT2D eigenvalue weighted by Gasteiger charge is 2.24. The molecule has 0 spiro atoms. The molecule has 6 heteroatoms. The summed E-state index contributed by atoms with van der Waals surface area (Å²) in [5, 5.41) is 0. The van der Waals surface area contributed by atoms with E-state index in [1.54, 1.807) is 17.0 Å². The topological polar surface area (TPSA) is 63.9 Å². The van der Waals surface area contributed by atoms with Crippen molar-refractivity contribution in [2.24, 2.45) is 5.92 Å². The highest BCUT2D eigenvalue weighted by Crippen LogP contribution is 2.34. The first-order valence-electron chi connectivity index (χ1n) is 11.0. The van der Waals surface area contributed by atoms with Crippen LogP contribution in [-0.4, -0.2) is 37.5 Å². The van der Waals surface area contributed by atoms with Gasteiger partial charge in [0.05, 0.1) is 17.7 Å². The summed E-state index contributed by atoms with van der Waals surface area (Å²) in [6.45, 7) is 10.0. The van der Waals surface area contributed by atoms with Crippen molar-refractivity contribution in [3.63, 3.8) is 0 Å². The maximum atomic E-state index is 12.5. The molecular formula is C23H33N5O. The summed E-state index contributed by atoms with van der Waals surface area (Å²) >= 11 is 0. The molecule has 3 heterocycles. The van der Waals surface area contributed by atoms with Crippen LogP contribution < -0.4 is 5.56 Å². The summed E-state index contributed by atoms with van der Waals surface area (Å²) in [7, 11) is 0. The summed E-state index contributed by atoms with van der Waals surface area (Å²) in [4.78, 5) is 28.8. The van der Waals surface area contributed by atoms with Gasteiger partial charge in [-0.3, -0.25) is 14.3 Å². The fourth-order valence-corrected chi connectivity index (χ4v) is 4.17. The van der Waals surface area contributed by atoms with Crippen molar-refractivity contribution in [2.45, 2.75) is 77.3 Å². The maximum absolute atomic E-state index is 12.5. The normalized spacial score (nSPS) is 19.3. The molecule has 1 aliphatic heterocycles. The van der Waals surface area contributed by atoms with E-state index in [-0.39, 0.29) is 11.0 Å². The van der Waals surface area contributed by atoms with Crippen molar-refractivity contribution >= 4 is 0 Å². The second-order valence-corrected chi connectivity index (χ2v) is 9.77. The maximum Gasteiger partial charge on any atom is 0.253 e. The molecule has 2 aliphatic rings. The molecule has 1 aliphatic carbocycles. The quantitative estimate of drug-likeness (QED) is 0.775. The number of hydrogen-bond acceptors (Lipinski definition) is 5. The molecule has 1 saturated heterocycles. The van der Waals surface area contributed by atoms with Crippen molar-refractivity contribution in [2.75, 3.05) is 13.1 Å². The van der Waals surface area contributed by atoms with Gasteiger partial charge in [0, 0.05) is 36.7 Å². The number of aromatic nitrogens is 4. The van der Waals surface area contributed by atoms with Gasteiger partial charge in [0.1, 0.15) is 5.82 Å². The third-order valence-corrected chi connectivity index (χ3v) is 6.40. The van der Waals surface area contributed by atoms with Crippen molar-refractivity contribution in [1.29, 1.82) is 0 Å². The zero-order chi connectivity index (χ0) is 20.4. The van der Waals surface area contributed by atoms with Crippen molar-refractivity contribution in [1.82, 2.24) is 24.4 Å². The van der Waals surface area contributed by atoms with Crippen LogP contribution in [0.1, 0.15) is 76.0 Å². The predicted molar refractivity (Wildman–Crippen MR) is 114 cm³/mol. The summed E-state index contributed by atoms with van der Waals surface area (Å²) in [6, 6.07) is 3.75. The molecule has 2 aromatic rings. The Hall–Kier alpha value is -2.08. The molecule has 1 saturated carbocycles. The van der Waals surface area contributed by atoms with E-state index in [9.17, 15) is 4.79 Å². The molecule has 0 aromatic carbocycles. The molecule has 0 unspecified atom stereocenters. The molecule has 0 amide bonds. The Morgan fingerprint density at radius 2 is 1.86 bits per heavy atom. The third-order valence-electron chi connectivity index (χ3n) is 6.40. The summed E-state index contributed by atoms with van der Waals surface area (Å²) in [5.74, 6) is 2.15. The Labute approximate surface area is 173 Å². The monoisotopic (exact) mass is 395 g/mol. The molecule has 29 heavy (non-hydrogen) atoms. The van der Waals surface area contributed by atoms with Gasteiger partial charge >= 0.3 is 0 Å². The van der Waals surface area contributed by atoms with Crippen molar-refractivity contribution in [3.8, 4) is 0 Å². The Morgan fingerprint density at radius 3 is 2.48 bits per heavy atom. The van der Waals surface area contributed by atoms with Gasteiger partial charge < -0.3 is 0 Å². The zero-order valence-electron chi connectivity index (χ0n) is 18.0. The fourth-order valence-electron chi connectivity index (χ4n) is 4.17. The SMILES string of the molecule is CC(C)(C)c1cc(=O)n(CC2CCN(Cc3ccnc(C4CCC4)n3)CC2)cn1. The van der Waals surface area contributed by atoms with Crippen LogP contribution in [0.25, 0.3) is 0 Å². The molecule has 0 atom stereocenters. The standard InChI is InChI=1S/C23H33N5O/c1-23(2,3)20-13-21(29)28(16-25-20)14-17-8-11-27(12-9-17)15-19-7-10-24-22(26-19)18-5-4-6-18/h7,10,13,16-18H,4-6,8-9,11-12,14-15H2,1-3H3. The van der Waals surface area contributed by atoms with Crippen LogP contribution >= 0.6 is 0 Å². The van der Waals surface area contributed by atoms with Gasteiger partial charge in [0.2, 0.25) is 0 Å². The second kappa shape index (κ2) is 8.34. The van der Waals surface area contributed by atoms with Gasteiger partial charge in [-0.25, -0.2) is 15.0 Å². The lowest BCUT2D eigenvalue weighted by atomic mass is 9.85. The second-order valence-electron chi connectivity index (χ2n) is 9.77. The minimum Gasteiger partial charge on any atom is -0.299 e. The van der Waals surface area contributed by atoms with Gasteiger partial charge in [-0.1, -0.05) is 27.2 Å². The number of rotatable bonds is 5. The number of piperidine rings is 1. The lowest BCUT2D eigenvalue weighted by molar-refractivity contribution is 0.164. The number of likely N-dealkylation sites (tertiary alicyclic amines) is 1. The fraction of sp³-hybridized carbons (Fsp3) is 0.652. The van der Waals surface area contributed by atoms with Gasteiger partial charge in [0.15, 0.2) is 0 Å². The van der Waals surface area contributed by atoms with E-state index in [1.165, 1.54) is 19.3 Å². The molecule has 2 fully saturated rings. The van der Waals surface area contributed by atoms with Crippen LogP contribution in [0.5, 0.6) is 0 Å². The molecule has 4 rings (SSSR count). The van der Waals surface area contributed by atoms with E-state index < -0.39 is 0 Å². The van der Waals surface area contributed by atoms with Crippen LogP contribution in [0.3, 0.4) is 0 Å². The van der Waals surface area contributed by atoms with E-state index in [1.807, 2.05) is 6.20 Å². The van der Waals surface area contributed by atoms with Crippen LogP contribution in [0.2, 0.25) is 0 Å². The van der Waals surface area contributed by atoms with Gasteiger partial charge in [0.25, 0.3) is 5.56 Å². The molecular weight excluding hydrogens is 362 g/mol. The Balaban J connectivity index is 1.30. The Bertz CT molecular complexity index is 889. The molecule has 0 radical (unpaired) electrons. The van der Waals surface area contributed by atoms with E-state index in [0.29, 0.717) is 11.8 Å². The first-order valence-corrected chi connectivity index (χ1v) is 11.0. The van der Waals surface area contributed by atoms with Crippen LogP contribution in [0, 0.1) is 5.92 Å². The van der Waals surface area contributed by atoms with E-state index in [0.717, 1.165) is 56.2 Å². The van der Waals surface area contributed by atoms with Gasteiger partial charge in [-0.15, -0.1) is 0 Å².